The number of sulfonamides is 1. The number of hydrogen-bond acceptors (Lipinski definition) is 4. The van der Waals surface area contributed by atoms with Gasteiger partial charge in [-0.05, 0) is 35.9 Å². The van der Waals surface area contributed by atoms with Crippen molar-refractivity contribution in [3.05, 3.63) is 59.7 Å². The first kappa shape index (κ1) is 18.3. The van der Waals surface area contributed by atoms with Crippen LogP contribution in [0, 0.1) is 11.6 Å². The number of morpholine rings is 1. The van der Waals surface area contributed by atoms with Gasteiger partial charge in [-0.3, -0.25) is 0 Å². The molecule has 0 atom stereocenters. The highest BCUT2D eigenvalue weighted by Gasteiger charge is 2.26. The average Bonchev–Trinajstić information content (AvgIpc) is 2.63. The molecule has 0 aromatic heterocycles. The molecule has 0 N–H and O–H groups in total. The Labute approximate surface area is 149 Å². The molecule has 8 heteroatoms. The molecule has 25 heavy (non-hydrogen) atoms. The zero-order chi connectivity index (χ0) is 17.9. The van der Waals surface area contributed by atoms with E-state index < -0.39 is 21.7 Å². The third-order valence-electron chi connectivity index (χ3n) is 3.79. The van der Waals surface area contributed by atoms with Gasteiger partial charge in [0.1, 0.15) is 11.6 Å². The molecule has 1 fully saturated rings. The molecule has 0 saturated carbocycles. The second-order valence-electron chi connectivity index (χ2n) is 5.53. The molecule has 4 nitrogen and oxygen atoms in total. The molecule has 1 heterocycles. The lowest BCUT2D eigenvalue weighted by molar-refractivity contribution is 0.0730. The number of thioether (sulfide) groups is 1. The van der Waals surface area contributed by atoms with Gasteiger partial charge in [0, 0.05) is 23.7 Å². The highest BCUT2D eigenvalue weighted by Crippen LogP contribution is 2.27. The van der Waals surface area contributed by atoms with Crippen LogP contribution in [-0.2, 0) is 20.5 Å². The fraction of sp³-hybridized carbons (Fsp3) is 0.294. The lowest BCUT2D eigenvalue weighted by Gasteiger charge is -2.26. The first-order chi connectivity index (χ1) is 12.0. The van der Waals surface area contributed by atoms with Crippen LogP contribution in [-0.4, -0.2) is 39.0 Å². The predicted molar refractivity (Wildman–Crippen MR) is 91.9 cm³/mol. The average molecular weight is 385 g/mol. The van der Waals surface area contributed by atoms with Crippen LogP contribution in [0.25, 0.3) is 0 Å². The van der Waals surface area contributed by atoms with E-state index in [-0.39, 0.29) is 9.79 Å². The Morgan fingerprint density at radius 2 is 1.84 bits per heavy atom. The van der Waals surface area contributed by atoms with Gasteiger partial charge in [-0.2, -0.15) is 4.31 Å². The molecule has 0 spiro atoms. The topological polar surface area (TPSA) is 46.6 Å². The zero-order valence-electron chi connectivity index (χ0n) is 13.3. The fourth-order valence-corrected chi connectivity index (χ4v) is 4.86. The minimum atomic E-state index is -3.57. The maximum atomic E-state index is 13.7. The van der Waals surface area contributed by atoms with Gasteiger partial charge in [-0.1, -0.05) is 12.1 Å². The smallest absolute Gasteiger partial charge is 0.243 e. The van der Waals surface area contributed by atoms with Gasteiger partial charge in [0.15, 0.2) is 0 Å². The second-order valence-corrected chi connectivity index (χ2v) is 8.48. The second kappa shape index (κ2) is 7.82. The van der Waals surface area contributed by atoms with E-state index in [0.717, 1.165) is 35.5 Å². The largest absolute Gasteiger partial charge is 0.379 e. The maximum Gasteiger partial charge on any atom is 0.243 e. The SMILES string of the molecule is O=S(=O)(c1cccc(CSc2cc(F)ccc2F)c1)N1CCOCC1. The number of ether oxygens (including phenoxy) is 1. The standard InChI is InChI=1S/C17H17F2NO3S2/c18-14-4-5-16(19)17(11-14)24-12-13-2-1-3-15(10-13)25(21,22)20-6-8-23-9-7-20/h1-5,10-11H,6-9,12H2. The van der Waals surface area contributed by atoms with Crippen molar-refractivity contribution in [3.63, 3.8) is 0 Å². The van der Waals surface area contributed by atoms with E-state index in [0.29, 0.717) is 32.1 Å². The fourth-order valence-electron chi connectivity index (χ4n) is 2.48. The molecule has 1 aliphatic rings. The van der Waals surface area contributed by atoms with Gasteiger partial charge in [0.25, 0.3) is 0 Å². The van der Waals surface area contributed by atoms with E-state index in [1.807, 2.05) is 0 Å². The van der Waals surface area contributed by atoms with Crippen molar-refractivity contribution in [1.29, 1.82) is 0 Å². The molecule has 3 rings (SSSR count). The van der Waals surface area contributed by atoms with Crippen molar-refractivity contribution in [1.82, 2.24) is 4.31 Å². The van der Waals surface area contributed by atoms with Gasteiger partial charge >= 0.3 is 0 Å². The van der Waals surface area contributed by atoms with Crippen LogP contribution in [0.3, 0.4) is 0 Å². The summed E-state index contributed by atoms with van der Waals surface area (Å²) in [6.07, 6.45) is 0. The summed E-state index contributed by atoms with van der Waals surface area (Å²) in [5.41, 5.74) is 0.725. The summed E-state index contributed by atoms with van der Waals surface area (Å²) in [4.78, 5) is 0.397. The van der Waals surface area contributed by atoms with Crippen molar-refractivity contribution in [2.45, 2.75) is 15.5 Å². The van der Waals surface area contributed by atoms with Crippen molar-refractivity contribution < 1.29 is 21.9 Å². The number of halogens is 2. The maximum absolute atomic E-state index is 13.7. The predicted octanol–water partition coefficient (Wildman–Crippen LogP) is 3.28. The minimum Gasteiger partial charge on any atom is -0.379 e. The van der Waals surface area contributed by atoms with Gasteiger partial charge in [-0.25, -0.2) is 17.2 Å². The minimum absolute atomic E-state index is 0.196. The number of nitrogens with zero attached hydrogens (tertiary/aromatic N) is 1. The van der Waals surface area contributed by atoms with E-state index in [1.165, 1.54) is 4.31 Å². The van der Waals surface area contributed by atoms with E-state index in [9.17, 15) is 17.2 Å². The van der Waals surface area contributed by atoms with Crippen molar-refractivity contribution in [3.8, 4) is 0 Å². The molecule has 0 bridgehead atoms. The highest BCUT2D eigenvalue weighted by molar-refractivity contribution is 7.98. The quantitative estimate of drug-likeness (QED) is 0.741. The monoisotopic (exact) mass is 385 g/mol. The molecule has 2 aromatic rings. The van der Waals surface area contributed by atoms with Crippen molar-refractivity contribution >= 4 is 21.8 Å². The summed E-state index contributed by atoms with van der Waals surface area (Å²) in [6, 6.07) is 9.82. The Morgan fingerprint density at radius 1 is 1.08 bits per heavy atom. The van der Waals surface area contributed by atoms with Crippen molar-refractivity contribution in [2.75, 3.05) is 26.3 Å². The summed E-state index contributed by atoms with van der Waals surface area (Å²) >= 11 is 1.13. The van der Waals surface area contributed by atoms with Crippen LogP contribution in [0.4, 0.5) is 8.78 Å². The lowest BCUT2D eigenvalue weighted by Crippen LogP contribution is -2.40. The van der Waals surface area contributed by atoms with E-state index >= 15 is 0 Å². The summed E-state index contributed by atoms with van der Waals surface area (Å²) < 4.78 is 58.8. The molecule has 1 aliphatic heterocycles. The Hall–Kier alpha value is -1.48. The van der Waals surface area contributed by atoms with Crippen LogP contribution in [0.1, 0.15) is 5.56 Å². The first-order valence-corrected chi connectivity index (χ1v) is 10.1. The summed E-state index contributed by atoms with van der Waals surface area (Å²) in [6.45, 7) is 1.42. The number of hydrogen-bond donors (Lipinski definition) is 0. The lowest BCUT2D eigenvalue weighted by atomic mass is 10.2. The molecule has 0 radical (unpaired) electrons. The van der Waals surface area contributed by atoms with Gasteiger partial charge < -0.3 is 4.74 Å². The van der Waals surface area contributed by atoms with Gasteiger partial charge in [0.05, 0.1) is 18.1 Å². The summed E-state index contributed by atoms with van der Waals surface area (Å²) in [5.74, 6) is -0.664. The third-order valence-corrected chi connectivity index (χ3v) is 6.79. The Kier molecular flexibility index (Phi) is 5.73. The van der Waals surface area contributed by atoms with Crippen LogP contribution in [0.2, 0.25) is 0 Å². The van der Waals surface area contributed by atoms with Crippen LogP contribution >= 0.6 is 11.8 Å². The van der Waals surface area contributed by atoms with Gasteiger partial charge in [-0.15, -0.1) is 11.8 Å². The van der Waals surface area contributed by atoms with Crippen LogP contribution in [0.5, 0.6) is 0 Å². The molecule has 134 valence electrons. The Morgan fingerprint density at radius 3 is 2.60 bits per heavy atom. The molecule has 2 aromatic carbocycles. The van der Waals surface area contributed by atoms with E-state index in [2.05, 4.69) is 0 Å². The number of benzene rings is 2. The van der Waals surface area contributed by atoms with E-state index in [4.69, 9.17) is 4.74 Å². The van der Waals surface area contributed by atoms with Crippen LogP contribution < -0.4 is 0 Å². The normalized spacial score (nSPS) is 16.1. The summed E-state index contributed by atoms with van der Waals surface area (Å²) in [5, 5.41) is 0. The van der Waals surface area contributed by atoms with Gasteiger partial charge in [0.2, 0.25) is 10.0 Å². The molecule has 0 amide bonds. The molecule has 0 aliphatic carbocycles. The summed E-state index contributed by atoms with van der Waals surface area (Å²) in [7, 11) is -3.57. The third kappa shape index (κ3) is 4.38. The number of rotatable bonds is 5. The molecular weight excluding hydrogens is 368 g/mol. The van der Waals surface area contributed by atoms with E-state index in [1.54, 1.807) is 24.3 Å². The highest BCUT2D eigenvalue weighted by atomic mass is 32.2. The molecule has 0 unspecified atom stereocenters. The molecule has 1 saturated heterocycles. The molecular formula is C17H17F2NO3S2. The Balaban J connectivity index is 1.76. The zero-order valence-corrected chi connectivity index (χ0v) is 15.0. The first-order valence-electron chi connectivity index (χ1n) is 7.71. The van der Waals surface area contributed by atoms with Crippen LogP contribution in [0.15, 0.2) is 52.3 Å². The Bertz CT molecular complexity index is 853. The van der Waals surface area contributed by atoms with Crippen molar-refractivity contribution in [2.24, 2.45) is 0 Å².